The van der Waals surface area contributed by atoms with Gasteiger partial charge in [0, 0.05) is 12.8 Å². The number of rotatable bonds is 1. The lowest BCUT2D eigenvalue weighted by molar-refractivity contribution is -0.124. The first-order valence-electron chi connectivity index (χ1n) is 4.58. The highest BCUT2D eigenvalue weighted by Crippen LogP contribution is 2.40. The molecule has 0 spiro atoms. The van der Waals surface area contributed by atoms with Crippen LogP contribution in [0.5, 0.6) is 0 Å². The van der Waals surface area contributed by atoms with Crippen molar-refractivity contribution in [2.45, 2.75) is 46.5 Å². The van der Waals surface area contributed by atoms with E-state index >= 15 is 0 Å². The number of carbonyl (C=O) groups excluding carboxylic acids is 1. The van der Waals surface area contributed by atoms with Crippen LogP contribution in [0.2, 0.25) is 0 Å². The lowest BCUT2D eigenvalue weighted by atomic mass is 9.67. The summed E-state index contributed by atoms with van der Waals surface area (Å²) >= 11 is 0. The standard InChI is InChI=1S/C10H18O/c1-4-8-7-9(11)5-6-10(8,2)3/h8H,4-7H2,1-3H3/t8-/m1/s1. The van der Waals surface area contributed by atoms with Gasteiger partial charge in [-0.25, -0.2) is 0 Å². The maximum absolute atomic E-state index is 11.1. The van der Waals surface area contributed by atoms with E-state index in [0.717, 1.165) is 25.7 Å². The van der Waals surface area contributed by atoms with Gasteiger partial charge in [0.25, 0.3) is 0 Å². The molecule has 1 saturated carbocycles. The van der Waals surface area contributed by atoms with Crippen molar-refractivity contribution in [2.24, 2.45) is 11.3 Å². The Morgan fingerprint density at radius 2 is 2.18 bits per heavy atom. The summed E-state index contributed by atoms with van der Waals surface area (Å²) in [4.78, 5) is 11.1. The van der Waals surface area contributed by atoms with Crippen molar-refractivity contribution in [3.8, 4) is 0 Å². The highest BCUT2D eigenvalue weighted by atomic mass is 16.1. The second-order valence-corrected chi connectivity index (χ2v) is 4.34. The van der Waals surface area contributed by atoms with Gasteiger partial charge in [0.1, 0.15) is 5.78 Å². The van der Waals surface area contributed by atoms with E-state index in [1.165, 1.54) is 0 Å². The van der Waals surface area contributed by atoms with E-state index in [1.54, 1.807) is 0 Å². The van der Waals surface area contributed by atoms with Crippen LogP contribution in [0, 0.1) is 11.3 Å². The summed E-state index contributed by atoms with van der Waals surface area (Å²) in [7, 11) is 0. The normalized spacial score (nSPS) is 30.5. The number of carbonyl (C=O) groups is 1. The molecule has 0 aromatic rings. The fraction of sp³-hybridized carbons (Fsp3) is 0.900. The average molecular weight is 154 g/mol. The van der Waals surface area contributed by atoms with Gasteiger partial charge in [0.05, 0.1) is 0 Å². The molecule has 0 aromatic heterocycles. The molecule has 0 heterocycles. The third-order valence-electron chi connectivity index (χ3n) is 3.12. The third kappa shape index (κ3) is 1.82. The zero-order valence-electron chi connectivity index (χ0n) is 7.81. The van der Waals surface area contributed by atoms with Crippen LogP contribution in [0.15, 0.2) is 0 Å². The zero-order valence-corrected chi connectivity index (χ0v) is 7.81. The molecule has 1 nitrogen and oxygen atoms in total. The van der Waals surface area contributed by atoms with Crippen LogP contribution in [-0.4, -0.2) is 5.78 Å². The van der Waals surface area contributed by atoms with E-state index in [0.29, 0.717) is 17.1 Å². The van der Waals surface area contributed by atoms with E-state index in [4.69, 9.17) is 0 Å². The van der Waals surface area contributed by atoms with Crippen molar-refractivity contribution in [1.82, 2.24) is 0 Å². The predicted molar refractivity (Wildman–Crippen MR) is 46.4 cm³/mol. The number of hydrogen-bond acceptors (Lipinski definition) is 1. The van der Waals surface area contributed by atoms with Crippen molar-refractivity contribution in [3.63, 3.8) is 0 Å². The Bertz CT molecular complexity index is 158. The Kier molecular flexibility index (Phi) is 2.36. The molecule has 1 aliphatic carbocycles. The molecule has 1 rings (SSSR count). The minimum Gasteiger partial charge on any atom is -0.300 e. The summed E-state index contributed by atoms with van der Waals surface area (Å²) in [6.07, 6.45) is 3.87. The molecule has 0 unspecified atom stereocenters. The van der Waals surface area contributed by atoms with E-state index in [1.807, 2.05) is 0 Å². The molecule has 0 aliphatic heterocycles. The molecule has 1 heteroatoms. The topological polar surface area (TPSA) is 17.1 Å². The minimum atomic E-state index is 0.405. The lowest BCUT2D eigenvalue weighted by Crippen LogP contribution is -2.31. The van der Waals surface area contributed by atoms with Gasteiger partial charge in [0.15, 0.2) is 0 Å². The molecule has 64 valence electrons. The second kappa shape index (κ2) is 2.96. The van der Waals surface area contributed by atoms with Gasteiger partial charge in [-0.3, -0.25) is 4.79 Å². The summed E-state index contributed by atoms with van der Waals surface area (Å²) in [5, 5.41) is 0. The summed E-state index contributed by atoms with van der Waals surface area (Å²) in [5.41, 5.74) is 0.405. The van der Waals surface area contributed by atoms with E-state index in [-0.39, 0.29) is 0 Å². The Morgan fingerprint density at radius 1 is 1.55 bits per heavy atom. The van der Waals surface area contributed by atoms with Gasteiger partial charge >= 0.3 is 0 Å². The largest absolute Gasteiger partial charge is 0.300 e. The fourth-order valence-electron chi connectivity index (χ4n) is 2.02. The van der Waals surface area contributed by atoms with Crippen LogP contribution in [-0.2, 0) is 4.79 Å². The summed E-state index contributed by atoms with van der Waals surface area (Å²) in [6.45, 7) is 6.76. The molecule has 0 radical (unpaired) electrons. The molecule has 1 aliphatic rings. The molecule has 0 saturated heterocycles. The molecule has 0 N–H and O–H groups in total. The van der Waals surface area contributed by atoms with Gasteiger partial charge in [-0.2, -0.15) is 0 Å². The number of Topliss-reactive ketones (excluding diaryl/α,β-unsaturated/α-hetero) is 1. The van der Waals surface area contributed by atoms with Crippen LogP contribution in [0.25, 0.3) is 0 Å². The Hall–Kier alpha value is -0.330. The van der Waals surface area contributed by atoms with Gasteiger partial charge in [-0.15, -0.1) is 0 Å². The zero-order chi connectivity index (χ0) is 8.48. The summed E-state index contributed by atoms with van der Waals surface area (Å²) in [5.74, 6) is 1.10. The second-order valence-electron chi connectivity index (χ2n) is 4.34. The van der Waals surface area contributed by atoms with Gasteiger partial charge in [-0.05, 0) is 17.8 Å². The minimum absolute atomic E-state index is 0.405. The van der Waals surface area contributed by atoms with Gasteiger partial charge in [-0.1, -0.05) is 27.2 Å². The Balaban J connectivity index is 2.63. The van der Waals surface area contributed by atoms with Crippen LogP contribution < -0.4 is 0 Å². The molecule has 1 fully saturated rings. The maximum atomic E-state index is 11.1. The molecule has 0 bridgehead atoms. The van der Waals surface area contributed by atoms with Crippen LogP contribution in [0.1, 0.15) is 46.5 Å². The van der Waals surface area contributed by atoms with Crippen molar-refractivity contribution in [2.75, 3.05) is 0 Å². The Morgan fingerprint density at radius 3 is 2.64 bits per heavy atom. The Labute approximate surface area is 69.2 Å². The average Bonchev–Trinajstić information content (AvgIpc) is 1.94. The summed E-state index contributed by atoms with van der Waals surface area (Å²) < 4.78 is 0. The quantitative estimate of drug-likeness (QED) is 0.567. The summed E-state index contributed by atoms with van der Waals surface area (Å²) in [6, 6.07) is 0. The molecular formula is C10H18O. The van der Waals surface area contributed by atoms with Gasteiger partial charge < -0.3 is 0 Å². The first kappa shape index (κ1) is 8.76. The first-order chi connectivity index (χ1) is 5.06. The molecule has 0 aromatic carbocycles. The predicted octanol–water partition coefficient (Wildman–Crippen LogP) is 2.79. The highest BCUT2D eigenvalue weighted by molar-refractivity contribution is 5.79. The first-order valence-corrected chi connectivity index (χ1v) is 4.58. The number of ketones is 1. The molecular weight excluding hydrogens is 136 g/mol. The lowest BCUT2D eigenvalue weighted by Gasteiger charge is -2.37. The van der Waals surface area contributed by atoms with Crippen molar-refractivity contribution < 1.29 is 4.79 Å². The van der Waals surface area contributed by atoms with Crippen LogP contribution in [0.4, 0.5) is 0 Å². The SMILES string of the molecule is CC[C@@H]1CC(=O)CCC1(C)C. The smallest absolute Gasteiger partial charge is 0.133 e. The third-order valence-corrected chi connectivity index (χ3v) is 3.12. The van der Waals surface area contributed by atoms with Gasteiger partial charge in [0.2, 0.25) is 0 Å². The van der Waals surface area contributed by atoms with Crippen molar-refractivity contribution in [1.29, 1.82) is 0 Å². The number of hydrogen-bond donors (Lipinski definition) is 0. The molecule has 0 amide bonds. The van der Waals surface area contributed by atoms with E-state index in [2.05, 4.69) is 20.8 Å². The van der Waals surface area contributed by atoms with Crippen molar-refractivity contribution >= 4 is 5.78 Å². The fourth-order valence-corrected chi connectivity index (χ4v) is 2.02. The van der Waals surface area contributed by atoms with E-state index < -0.39 is 0 Å². The maximum Gasteiger partial charge on any atom is 0.133 e. The molecule has 1 atom stereocenters. The van der Waals surface area contributed by atoms with E-state index in [9.17, 15) is 4.79 Å². The van der Waals surface area contributed by atoms with Crippen molar-refractivity contribution in [3.05, 3.63) is 0 Å². The highest BCUT2D eigenvalue weighted by Gasteiger charge is 2.33. The molecule has 11 heavy (non-hydrogen) atoms. The van der Waals surface area contributed by atoms with Crippen LogP contribution in [0.3, 0.4) is 0 Å². The van der Waals surface area contributed by atoms with Crippen LogP contribution >= 0.6 is 0 Å². The monoisotopic (exact) mass is 154 g/mol.